The fourth-order valence-electron chi connectivity index (χ4n) is 6.72. The van der Waals surface area contributed by atoms with E-state index in [1.807, 2.05) is 0 Å². The second-order valence-electron chi connectivity index (χ2n) is 11.1. The van der Waals surface area contributed by atoms with Crippen molar-refractivity contribution in [2.24, 2.45) is 11.8 Å². The van der Waals surface area contributed by atoms with Gasteiger partial charge < -0.3 is 14.5 Å². The van der Waals surface area contributed by atoms with Gasteiger partial charge in [-0.2, -0.15) is 0 Å². The first-order chi connectivity index (χ1) is 17.2. The van der Waals surface area contributed by atoms with Crippen molar-refractivity contribution in [3.8, 4) is 0 Å². The maximum atomic E-state index is 12.6. The van der Waals surface area contributed by atoms with Crippen LogP contribution in [0.5, 0.6) is 0 Å². The lowest BCUT2D eigenvalue weighted by Crippen LogP contribution is -2.41. The number of ether oxygens (including phenoxy) is 1. The van der Waals surface area contributed by atoms with E-state index in [-0.39, 0.29) is 6.09 Å². The minimum absolute atomic E-state index is 0.124. The maximum Gasteiger partial charge on any atom is 0.409 e. The van der Waals surface area contributed by atoms with Crippen molar-refractivity contribution in [1.29, 1.82) is 0 Å². The summed E-state index contributed by atoms with van der Waals surface area (Å²) in [6.45, 7) is 3.61. The maximum absolute atomic E-state index is 12.6. The quantitative estimate of drug-likeness (QED) is 0.415. The number of carbonyl (C=O) groups excluding carboxylic acids is 1. The Bertz CT molecular complexity index is 922. The highest BCUT2D eigenvalue weighted by Gasteiger charge is 2.45. The van der Waals surface area contributed by atoms with Crippen LogP contribution < -0.4 is 0 Å². The summed E-state index contributed by atoms with van der Waals surface area (Å²) in [6.07, 6.45) is 10.8. The summed E-state index contributed by atoms with van der Waals surface area (Å²) in [4.78, 5) is 17.4. The second kappa shape index (κ2) is 11.6. The minimum Gasteiger partial charge on any atom is -0.453 e. The number of rotatable bonds is 9. The molecule has 1 heterocycles. The lowest BCUT2D eigenvalue weighted by molar-refractivity contribution is 0.0989. The molecule has 5 rings (SSSR count). The predicted octanol–water partition coefficient (Wildman–Crippen LogP) is 6.51. The van der Waals surface area contributed by atoms with Crippen molar-refractivity contribution in [3.63, 3.8) is 0 Å². The Balaban J connectivity index is 1.16. The standard InChI is InChI=1S/C31H42N2O2/c1-35-31(34)33(28-15-16-28)29-21-27(30(22-29)26-13-6-3-7-14-26)23-32-19-17-25(18-20-32)12-8-11-24-9-4-2-5-10-24/h2-7,9-10,13-14,25,27-30H,8,11-12,15-23H2,1H3/t27-,29?,30-/m1/s1. The fraction of sp³-hybridized carbons (Fsp3) is 0.581. The van der Waals surface area contributed by atoms with Crippen LogP contribution in [0.4, 0.5) is 4.79 Å². The Hall–Kier alpha value is -2.33. The normalized spacial score (nSPS) is 25.5. The Labute approximate surface area is 211 Å². The molecule has 1 saturated heterocycles. The molecule has 0 spiro atoms. The number of piperidine rings is 1. The van der Waals surface area contributed by atoms with E-state index in [0.29, 0.717) is 23.9 Å². The van der Waals surface area contributed by atoms with Gasteiger partial charge in [0.25, 0.3) is 0 Å². The van der Waals surface area contributed by atoms with Crippen molar-refractivity contribution in [2.45, 2.75) is 75.8 Å². The van der Waals surface area contributed by atoms with Gasteiger partial charge in [-0.05, 0) is 93.3 Å². The van der Waals surface area contributed by atoms with Gasteiger partial charge in [0.1, 0.15) is 0 Å². The predicted molar refractivity (Wildman–Crippen MR) is 142 cm³/mol. The summed E-state index contributed by atoms with van der Waals surface area (Å²) in [6, 6.07) is 22.6. The van der Waals surface area contributed by atoms with E-state index in [1.165, 1.54) is 63.4 Å². The lowest BCUT2D eigenvalue weighted by atomic mass is 9.87. The zero-order valence-electron chi connectivity index (χ0n) is 21.4. The molecule has 1 aliphatic heterocycles. The molecule has 188 valence electrons. The molecule has 3 fully saturated rings. The van der Waals surface area contributed by atoms with Gasteiger partial charge in [-0.3, -0.25) is 0 Å². The Kier molecular flexibility index (Phi) is 8.08. The number of likely N-dealkylation sites (tertiary alicyclic amines) is 1. The number of nitrogens with zero attached hydrogens (tertiary/aromatic N) is 2. The molecule has 3 atom stereocenters. The van der Waals surface area contributed by atoms with E-state index >= 15 is 0 Å². The molecule has 0 radical (unpaired) electrons. The third kappa shape index (κ3) is 6.27. The molecule has 3 aliphatic rings. The van der Waals surface area contributed by atoms with Crippen molar-refractivity contribution in [2.75, 3.05) is 26.7 Å². The molecular formula is C31H42N2O2. The molecule has 35 heavy (non-hydrogen) atoms. The average Bonchev–Trinajstić information content (AvgIpc) is 3.65. The van der Waals surface area contributed by atoms with Gasteiger partial charge in [0.2, 0.25) is 0 Å². The Morgan fingerprint density at radius 1 is 0.914 bits per heavy atom. The van der Waals surface area contributed by atoms with Crippen molar-refractivity contribution >= 4 is 6.09 Å². The smallest absolute Gasteiger partial charge is 0.409 e. The van der Waals surface area contributed by atoms with Crippen LogP contribution in [0, 0.1) is 11.8 Å². The Morgan fingerprint density at radius 2 is 1.60 bits per heavy atom. The minimum atomic E-state index is -0.124. The Morgan fingerprint density at radius 3 is 2.26 bits per heavy atom. The van der Waals surface area contributed by atoms with Crippen molar-refractivity contribution < 1.29 is 9.53 Å². The van der Waals surface area contributed by atoms with E-state index in [9.17, 15) is 4.79 Å². The highest BCUT2D eigenvalue weighted by atomic mass is 16.5. The molecule has 1 amide bonds. The highest BCUT2D eigenvalue weighted by Crippen LogP contribution is 2.45. The van der Waals surface area contributed by atoms with Crippen LogP contribution in [-0.4, -0.2) is 54.7 Å². The lowest BCUT2D eigenvalue weighted by Gasteiger charge is -2.35. The molecule has 1 unspecified atom stereocenters. The summed E-state index contributed by atoms with van der Waals surface area (Å²) >= 11 is 0. The summed E-state index contributed by atoms with van der Waals surface area (Å²) in [7, 11) is 1.53. The van der Waals surface area contributed by atoms with Gasteiger partial charge in [-0.25, -0.2) is 4.79 Å². The van der Waals surface area contributed by atoms with Crippen LogP contribution in [-0.2, 0) is 11.2 Å². The first-order valence-electron chi connectivity index (χ1n) is 13.9. The van der Waals surface area contributed by atoms with Crippen molar-refractivity contribution in [3.05, 3.63) is 71.8 Å². The number of benzene rings is 2. The zero-order chi connectivity index (χ0) is 24.0. The summed E-state index contributed by atoms with van der Waals surface area (Å²) in [5.41, 5.74) is 2.91. The number of hydrogen-bond donors (Lipinski definition) is 0. The van der Waals surface area contributed by atoms with Crippen molar-refractivity contribution in [1.82, 2.24) is 9.80 Å². The molecule has 2 aromatic carbocycles. The number of hydrogen-bond acceptors (Lipinski definition) is 3. The SMILES string of the molecule is COC(=O)N(C1CC1)C1C[C@H](CN2CCC(CCCc3ccccc3)CC2)[C@@H](c2ccccc2)C1. The highest BCUT2D eigenvalue weighted by molar-refractivity contribution is 5.69. The van der Waals surface area contributed by atoms with Gasteiger partial charge in [-0.1, -0.05) is 67.1 Å². The first-order valence-corrected chi connectivity index (χ1v) is 13.9. The third-order valence-corrected chi connectivity index (χ3v) is 8.74. The van der Waals surface area contributed by atoms with E-state index in [1.54, 1.807) is 0 Å². The van der Waals surface area contributed by atoms with Crippen LogP contribution in [0.15, 0.2) is 60.7 Å². The third-order valence-electron chi connectivity index (χ3n) is 8.74. The first kappa shape index (κ1) is 24.4. The largest absolute Gasteiger partial charge is 0.453 e. The van der Waals surface area contributed by atoms with Gasteiger partial charge in [-0.15, -0.1) is 0 Å². The van der Waals surface area contributed by atoms with Gasteiger partial charge in [0, 0.05) is 18.6 Å². The molecule has 2 aliphatic carbocycles. The van der Waals surface area contributed by atoms with Crippen LogP contribution in [0.2, 0.25) is 0 Å². The van der Waals surface area contributed by atoms with Crippen LogP contribution in [0.1, 0.15) is 68.4 Å². The number of methoxy groups -OCH3 is 1. The molecule has 2 aromatic rings. The van der Waals surface area contributed by atoms with Gasteiger partial charge in [0.05, 0.1) is 7.11 Å². The van der Waals surface area contributed by atoms with Crippen LogP contribution in [0.25, 0.3) is 0 Å². The molecule has 4 heteroatoms. The fourth-order valence-corrected chi connectivity index (χ4v) is 6.72. The molecule has 0 aromatic heterocycles. The van der Waals surface area contributed by atoms with E-state index in [4.69, 9.17) is 4.74 Å². The number of carbonyl (C=O) groups is 1. The monoisotopic (exact) mass is 474 g/mol. The summed E-state index contributed by atoms with van der Waals surface area (Å²) in [5, 5.41) is 0. The average molecular weight is 475 g/mol. The topological polar surface area (TPSA) is 32.8 Å². The van der Waals surface area contributed by atoms with Crippen LogP contribution in [0.3, 0.4) is 0 Å². The van der Waals surface area contributed by atoms with E-state index in [2.05, 4.69) is 70.5 Å². The number of amides is 1. The molecule has 2 saturated carbocycles. The molecule has 0 bridgehead atoms. The van der Waals surface area contributed by atoms with Crippen LogP contribution >= 0.6 is 0 Å². The molecular weight excluding hydrogens is 432 g/mol. The summed E-state index contributed by atoms with van der Waals surface area (Å²) in [5.74, 6) is 2.00. The zero-order valence-corrected chi connectivity index (χ0v) is 21.4. The van der Waals surface area contributed by atoms with E-state index < -0.39 is 0 Å². The second-order valence-corrected chi connectivity index (χ2v) is 11.1. The van der Waals surface area contributed by atoms with E-state index in [0.717, 1.165) is 38.1 Å². The summed E-state index contributed by atoms with van der Waals surface area (Å²) < 4.78 is 5.20. The molecule has 0 N–H and O–H groups in total. The van der Waals surface area contributed by atoms with Gasteiger partial charge >= 0.3 is 6.09 Å². The number of aryl methyl sites for hydroxylation is 1. The van der Waals surface area contributed by atoms with Gasteiger partial charge in [0.15, 0.2) is 0 Å². The molecule has 4 nitrogen and oxygen atoms in total.